The number of aromatic nitrogens is 1. The lowest BCUT2D eigenvalue weighted by atomic mass is 10.1. The quantitative estimate of drug-likeness (QED) is 0.169. The molecular formula is C23H20N4O7S2. The van der Waals surface area contributed by atoms with Crippen molar-refractivity contribution < 1.29 is 28.7 Å². The van der Waals surface area contributed by atoms with Crippen LogP contribution in [-0.2, 0) is 0 Å². The molecule has 0 unspecified atom stereocenters. The zero-order chi connectivity index (χ0) is 25.8. The number of hydrogen-bond acceptors (Lipinski definition) is 11. The number of thiophene rings is 1. The number of anilines is 1. The number of rotatable bonds is 9. The van der Waals surface area contributed by atoms with Gasteiger partial charge in [-0.05, 0) is 36.4 Å². The van der Waals surface area contributed by atoms with Crippen LogP contribution in [0.2, 0.25) is 0 Å². The molecule has 0 saturated carbocycles. The molecule has 0 aliphatic carbocycles. The molecule has 4 aromatic rings. The Labute approximate surface area is 213 Å². The summed E-state index contributed by atoms with van der Waals surface area (Å²) in [7, 11) is 5.93. The number of amides is 1. The highest BCUT2D eigenvalue weighted by Crippen LogP contribution is 2.39. The molecule has 0 N–H and O–H groups in total. The second-order valence-corrected chi connectivity index (χ2v) is 9.14. The summed E-state index contributed by atoms with van der Waals surface area (Å²) in [6.45, 7) is 0. The highest BCUT2D eigenvalue weighted by molar-refractivity contribution is 7.22. The van der Waals surface area contributed by atoms with E-state index >= 15 is 0 Å². The zero-order valence-electron chi connectivity index (χ0n) is 19.6. The molecule has 2 aromatic heterocycles. The number of nitrogens with zero attached hydrogens (tertiary/aromatic N) is 4. The summed E-state index contributed by atoms with van der Waals surface area (Å²) in [5, 5.41) is 16.8. The van der Waals surface area contributed by atoms with Gasteiger partial charge in [0.2, 0.25) is 10.9 Å². The Morgan fingerprint density at radius 2 is 1.72 bits per heavy atom. The van der Waals surface area contributed by atoms with E-state index in [1.165, 1.54) is 57.1 Å². The summed E-state index contributed by atoms with van der Waals surface area (Å²) in [5.74, 6) is 1.06. The second-order valence-electron chi connectivity index (χ2n) is 7.04. The number of ether oxygens (including phenoxy) is 4. The van der Waals surface area contributed by atoms with Crippen LogP contribution >= 0.6 is 22.7 Å². The highest BCUT2D eigenvalue weighted by Gasteiger charge is 2.25. The maximum absolute atomic E-state index is 13.7. The van der Waals surface area contributed by atoms with Crippen LogP contribution in [0.5, 0.6) is 23.0 Å². The van der Waals surface area contributed by atoms with Gasteiger partial charge >= 0.3 is 5.00 Å². The summed E-state index contributed by atoms with van der Waals surface area (Å²) in [4.78, 5) is 29.3. The van der Waals surface area contributed by atoms with Gasteiger partial charge in [0, 0.05) is 11.6 Å². The van der Waals surface area contributed by atoms with Gasteiger partial charge in [0.25, 0.3) is 5.91 Å². The SMILES string of the molecule is COc1ccc2nc(N(/N=C/c3ccc([N+](=O)[O-])s3)C(=O)c3cc(OC)c(OC)c(OC)c3)sc2c1. The monoisotopic (exact) mass is 528 g/mol. The maximum atomic E-state index is 13.7. The number of nitro groups is 1. The van der Waals surface area contributed by atoms with Gasteiger partial charge < -0.3 is 18.9 Å². The third kappa shape index (κ3) is 4.92. The summed E-state index contributed by atoms with van der Waals surface area (Å²) in [6, 6.07) is 11.3. The molecule has 0 saturated heterocycles. The average molecular weight is 529 g/mol. The molecular weight excluding hydrogens is 508 g/mol. The number of hydrazone groups is 1. The first kappa shape index (κ1) is 24.9. The van der Waals surface area contributed by atoms with Gasteiger partial charge in [-0.3, -0.25) is 14.9 Å². The third-order valence-corrected chi connectivity index (χ3v) is 6.93. The van der Waals surface area contributed by atoms with Crippen molar-refractivity contribution in [1.82, 2.24) is 4.98 Å². The third-order valence-electron chi connectivity index (χ3n) is 4.96. The summed E-state index contributed by atoms with van der Waals surface area (Å²) in [5.41, 5.74) is 0.858. The van der Waals surface area contributed by atoms with E-state index in [2.05, 4.69) is 10.1 Å². The number of hydrogen-bond donors (Lipinski definition) is 0. The lowest BCUT2D eigenvalue weighted by molar-refractivity contribution is -0.380. The van der Waals surface area contributed by atoms with Crippen molar-refractivity contribution in [1.29, 1.82) is 0 Å². The van der Waals surface area contributed by atoms with E-state index < -0.39 is 10.8 Å². The molecule has 0 aliphatic rings. The number of thiazole rings is 1. The van der Waals surface area contributed by atoms with Gasteiger partial charge in [-0.25, -0.2) is 4.98 Å². The Hall–Kier alpha value is -4.23. The topological polar surface area (TPSA) is 126 Å². The predicted molar refractivity (Wildman–Crippen MR) is 138 cm³/mol. The first-order valence-corrected chi connectivity index (χ1v) is 11.9. The molecule has 0 aliphatic heterocycles. The van der Waals surface area contributed by atoms with E-state index in [1.54, 1.807) is 25.3 Å². The Balaban J connectivity index is 1.80. The van der Waals surface area contributed by atoms with Crippen molar-refractivity contribution >= 4 is 55.1 Å². The molecule has 13 heteroatoms. The molecule has 0 radical (unpaired) electrons. The molecule has 11 nitrogen and oxygen atoms in total. The van der Waals surface area contributed by atoms with Crippen molar-refractivity contribution in [3.05, 3.63) is 63.0 Å². The zero-order valence-corrected chi connectivity index (χ0v) is 21.2. The van der Waals surface area contributed by atoms with Crippen LogP contribution in [0.4, 0.5) is 10.1 Å². The van der Waals surface area contributed by atoms with E-state index in [4.69, 9.17) is 18.9 Å². The first-order chi connectivity index (χ1) is 17.4. The van der Waals surface area contributed by atoms with Gasteiger partial charge in [0.05, 0.1) is 54.7 Å². The van der Waals surface area contributed by atoms with Gasteiger partial charge in [0.15, 0.2) is 11.5 Å². The molecule has 36 heavy (non-hydrogen) atoms. The van der Waals surface area contributed by atoms with E-state index in [0.717, 1.165) is 21.0 Å². The van der Waals surface area contributed by atoms with Crippen LogP contribution in [0.25, 0.3) is 10.2 Å². The standard InChI is InChI=1S/C23H20N4O7S2/c1-31-14-5-7-16-19(11-14)36-23(25-16)26(24-12-15-6-8-20(35-15)27(29)30)22(28)13-9-17(32-2)21(34-4)18(10-13)33-3/h5-12H,1-4H3/b24-12+. The molecule has 2 heterocycles. The van der Waals surface area contributed by atoms with Crippen LogP contribution in [0.1, 0.15) is 15.2 Å². The van der Waals surface area contributed by atoms with E-state index in [9.17, 15) is 14.9 Å². The number of fused-ring (bicyclic) bond motifs is 1. The fourth-order valence-corrected chi connectivity index (χ4v) is 4.89. The number of benzene rings is 2. The lowest BCUT2D eigenvalue weighted by Crippen LogP contribution is -2.25. The molecule has 1 amide bonds. The minimum Gasteiger partial charge on any atom is -0.497 e. The van der Waals surface area contributed by atoms with Crippen LogP contribution in [0.15, 0.2) is 47.6 Å². The summed E-state index contributed by atoms with van der Waals surface area (Å²) < 4.78 is 22.2. The normalized spacial score (nSPS) is 11.0. The van der Waals surface area contributed by atoms with Crippen molar-refractivity contribution in [2.75, 3.05) is 33.4 Å². The van der Waals surface area contributed by atoms with Crippen LogP contribution < -0.4 is 24.0 Å². The number of carbonyl (C=O) groups is 1. The second kappa shape index (κ2) is 10.6. The van der Waals surface area contributed by atoms with Crippen LogP contribution in [-0.4, -0.2) is 50.5 Å². The predicted octanol–water partition coefficient (Wildman–Crippen LogP) is 4.98. The van der Waals surface area contributed by atoms with Gasteiger partial charge in [-0.15, -0.1) is 0 Å². The van der Waals surface area contributed by atoms with Crippen LogP contribution in [0, 0.1) is 10.1 Å². The molecule has 0 spiro atoms. The van der Waals surface area contributed by atoms with Crippen molar-refractivity contribution in [3.8, 4) is 23.0 Å². The molecule has 0 atom stereocenters. The first-order valence-electron chi connectivity index (χ1n) is 10.3. The largest absolute Gasteiger partial charge is 0.497 e. The van der Waals surface area contributed by atoms with E-state index in [1.807, 2.05) is 6.07 Å². The van der Waals surface area contributed by atoms with Gasteiger partial charge in [-0.1, -0.05) is 22.7 Å². The van der Waals surface area contributed by atoms with Gasteiger partial charge in [-0.2, -0.15) is 10.1 Å². The Kier molecular flexibility index (Phi) is 7.31. The van der Waals surface area contributed by atoms with Crippen LogP contribution in [0.3, 0.4) is 0 Å². The van der Waals surface area contributed by atoms with Crippen molar-refractivity contribution in [2.45, 2.75) is 0 Å². The van der Waals surface area contributed by atoms with E-state index in [0.29, 0.717) is 38.5 Å². The molecule has 2 aromatic carbocycles. The fourth-order valence-electron chi connectivity index (χ4n) is 3.25. The average Bonchev–Trinajstić information content (AvgIpc) is 3.54. The highest BCUT2D eigenvalue weighted by atomic mass is 32.1. The van der Waals surface area contributed by atoms with Crippen molar-refractivity contribution in [3.63, 3.8) is 0 Å². The minimum absolute atomic E-state index is 0.0361. The molecule has 0 fully saturated rings. The molecule has 4 rings (SSSR count). The molecule has 186 valence electrons. The number of carbonyl (C=O) groups excluding carboxylic acids is 1. The Morgan fingerprint density at radius 1 is 1.00 bits per heavy atom. The smallest absolute Gasteiger partial charge is 0.324 e. The Bertz CT molecular complexity index is 1440. The summed E-state index contributed by atoms with van der Waals surface area (Å²) >= 11 is 2.18. The number of methoxy groups -OCH3 is 4. The van der Waals surface area contributed by atoms with Gasteiger partial charge in [0.1, 0.15) is 5.75 Å². The lowest BCUT2D eigenvalue weighted by Gasteiger charge is -2.17. The molecule has 0 bridgehead atoms. The maximum Gasteiger partial charge on any atom is 0.324 e. The van der Waals surface area contributed by atoms with Crippen molar-refractivity contribution in [2.24, 2.45) is 5.10 Å². The minimum atomic E-state index is -0.525. The fraction of sp³-hybridized carbons (Fsp3) is 0.174. The van der Waals surface area contributed by atoms with E-state index in [-0.39, 0.29) is 10.6 Å². The Morgan fingerprint density at radius 3 is 2.31 bits per heavy atom. The summed E-state index contributed by atoms with van der Waals surface area (Å²) in [6.07, 6.45) is 1.38.